The van der Waals surface area contributed by atoms with E-state index in [1.807, 2.05) is 13.8 Å². The van der Waals surface area contributed by atoms with Gasteiger partial charge >= 0.3 is 12.1 Å². The molecule has 0 bridgehead atoms. The number of alkyl halides is 3. The van der Waals surface area contributed by atoms with Gasteiger partial charge in [-0.05, 0) is 22.8 Å². The molecule has 21 heavy (non-hydrogen) atoms. The summed E-state index contributed by atoms with van der Waals surface area (Å²) in [5.74, 6) is -1.49. The van der Waals surface area contributed by atoms with Gasteiger partial charge in [-0.15, -0.1) is 5.10 Å². The third kappa shape index (κ3) is 6.52. The van der Waals surface area contributed by atoms with Crippen molar-refractivity contribution in [2.45, 2.75) is 39.6 Å². The molecule has 0 spiro atoms. The Morgan fingerprint density at radius 1 is 1.43 bits per heavy atom. The van der Waals surface area contributed by atoms with Gasteiger partial charge in [0.05, 0.1) is 12.5 Å². The topological polar surface area (TPSA) is 90.1 Å². The molecular weight excluding hydrogens is 293 g/mol. The van der Waals surface area contributed by atoms with Crippen LogP contribution in [0.2, 0.25) is 0 Å². The Bertz CT molecular complexity index is 462. The van der Waals surface area contributed by atoms with Crippen LogP contribution < -0.4 is 0 Å². The fourth-order valence-electron chi connectivity index (χ4n) is 1.76. The summed E-state index contributed by atoms with van der Waals surface area (Å²) in [5, 5.41) is 19.6. The van der Waals surface area contributed by atoms with Crippen molar-refractivity contribution in [2.24, 2.45) is 11.8 Å². The van der Waals surface area contributed by atoms with Crippen LogP contribution in [0, 0.1) is 11.8 Å². The minimum absolute atomic E-state index is 0.00871. The van der Waals surface area contributed by atoms with Crippen molar-refractivity contribution in [1.29, 1.82) is 0 Å². The summed E-state index contributed by atoms with van der Waals surface area (Å²) < 4.78 is 41.6. The second-order valence-corrected chi connectivity index (χ2v) is 5.05. The summed E-state index contributed by atoms with van der Waals surface area (Å²) in [7, 11) is 0. The molecule has 1 aromatic rings. The summed E-state index contributed by atoms with van der Waals surface area (Å²) in [4.78, 5) is 11.2. The number of carboxylic acids is 1. The van der Waals surface area contributed by atoms with Crippen LogP contribution in [0.15, 0.2) is 0 Å². The van der Waals surface area contributed by atoms with E-state index in [0.29, 0.717) is 6.42 Å². The number of ether oxygens (including phenoxy) is 1. The van der Waals surface area contributed by atoms with Crippen molar-refractivity contribution in [2.75, 3.05) is 6.61 Å². The number of hydrogen-bond acceptors (Lipinski definition) is 5. The molecule has 120 valence electrons. The highest BCUT2D eigenvalue weighted by Gasteiger charge is 2.28. The van der Waals surface area contributed by atoms with Gasteiger partial charge in [-0.2, -0.15) is 13.2 Å². The van der Waals surface area contributed by atoms with Crippen molar-refractivity contribution in [3.8, 4) is 0 Å². The largest absolute Gasteiger partial charge is 0.481 e. The highest BCUT2D eigenvalue weighted by molar-refractivity contribution is 5.69. The number of nitrogens with zero attached hydrogens (tertiary/aromatic N) is 4. The number of carboxylic acid groups (broad SMARTS) is 1. The molecule has 0 fully saturated rings. The van der Waals surface area contributed by atoms with Gasteiger partial charge in [0, 0.05) is 0 Å². The molecule has 0 amide bonds. The van der Waals surface area contributed by atoms with Crippen molar-refractivity contribution in [3.63, 3.8) is 0 Å². The zero-order valence-corrected chi connectivity index (χ0v) is 11.7. The molecule has 1 unspecified atom stereocenters. The van der Waals surface area contributed by atoms with Crippen molar-refractivity contribution in [3.05, 3.63) is 5.82 Å². The number of aromatic nitrogens is 4. The normalized spacial score (nSPS) is 13.6. The quantitative estimate of drug-likeness (QED) is 0.782. The standard InChI is InChI=1S/C11H17F3N4O3/c1-7(2)3-8(10(19)20)4-18-9(15-16-17-18)5-21-6-11(12,13)14/h7-8H,3-6H2,1-2H3,(H,19,20). The lowest BCUT2D eigenvalue weighted by atomic mass is 9.97. The lowest BCUT2D eigenvalue weighted by molar-refractivity contribution is -0.177. The summed E-state index contributed by atoms with van der Waals surface area (Å²) in [6, 6.07) is 0. The first-order valence-electron chi connectivity index (χ1n) is 6.31. The monoisotopic (exact) mass is 310 g/mol. The van der Waals surface area contributed by atoms with Crippen molar-refractivity contribution in [1.82, 2.24) is 20.2 Å². The van der Waals surface area contributed by atoms with E-state index in [9.17, 15) is 18.0 Å². The highest BCUT2D eigenvalue weighted by atomic mass is 19.4. The molecule has 0 radical (unpaired) electrons. The third-order valence-electron chi connectivity index (χ3n) is 2.60. The minimum atomic E-state index is -4.43. The smallest absolute Gasteiger partial charge is 0.411 e. The molecule has 7 nitrogen and oxygen atoms in total. The average molecular weight is 310 g/mol. The van der Waals surface area contributed by atoms with Crippen LogP contribution >= 0.6 is 0 Å². The van der Waals surface area contributed by atoms with Crippen LogP contribution in [0.5, 0.6) is 0 Å². The minimum Gasteiger partial charge on any atom is -0.481 e. The molecular formula is C11H17F3N4O3. The number of tetrazole rings is 1. The predicted octanol–water partition coefficient (Wildman–Crippen LogP) is 1.50. The second kappa shape index (κ2) is 7.34. The van der Waals surface area contributed by atoms with Crippen LogP contribution in [0.4, 0.5) is 13.2 Å². The molecule has 0 aromatic carbocycles. The zero-order chi connectivity index (χ0) is 16.0. The van der Waals surface area contributed by atoms with Gasteiger partial charge in [0.25, 0.3) is 0 Å². The van der Waals surface area contributed by atoms with E-state index < -0.39 is 31.3 Å². The number of hydrogen-bond donors (Lipinski definition) is 1. The van der Waals surface area contributed by atoms with Gasteiger partial charge in [0.15, 0.2) is 5.82 Å². The molecule has 0 saturated heterocycles. The number of carbonyl (C=O) groups is 1. The van der Waals surface area contributed by atoms with Gasteiger partial charge in [-0.25, -0.2) is 4.68 Å². The van der Waals surface area contributed by atoms with Crippen LogP contribution in [0.1, 0.15) is 26.1 Å². The van der Waals surface area contributed by atoms with E-state index in [-0.39, 0.29) is 18.3 Å². The fraction of sp³-hybridized carbons (Fsp3) is 0.818. The Hall–Kier alpha value is -1.71. The first kappa shape index (κ1) is 17.3. The van der Waals surface area contributed by atoms with E-state index >= 15 is 0 Å². The summed E-state index contributed by atoms with van der Waals surface area (Å²) in [6.07, 6.45) is -4.02. The first-order chi connectivity index (χ1) is 9.69. The third-order valence-corrected chi connectivity index (χ3v) is 2.60. The van der Waals surface area contributed by atoms with Gasteiger partial charge in [0.1, 0.15) is 13.2 Å². The van der Waals surface area contributed by atoms with E-state index in [1.165, 1.54) is 0 Å². The molecule has 10 heteroatoms. The second-order valence-electron chi connectivity index (χ2n) is 5.05. The summed E-state index contributed by atoms with van der Waals surface area (Å²) >= 11 is 0. The Morgan fingerprint density at radius 3 is 2.62 bits per heavy atom. The summed E-state index contributed by atoms with van der Waals surface area (Å²) in [5.41, 5.74) is 0. The molecule has 0 aliphatic carbocycles. The molecule has 1 N–H and O–H groups in total. The maximum Gasteiger partial charge on any atom is 0.411 e. The molecule has 0 aliphatic heterocycles. The maximum absolute atomic E-state index is 12.0. The molecule has 0 saturated carbocycles. The first-order valence-corrected chi connectivity index (χ1v) is 6.31. The molecule has 0 aliphatic rings. The number of aliphatic carboxylic acids is 1. The Labute approximate surface area is 119 Å². The van der Waals surface area contributed by atoms with E-state index in [1.54, 1.807) is 0 Å². The predicted molar refractivity (Wildman–Crippen MR) is 64.1 cm³/mol. The van der Waals surface area contributed by atoms with Gasteiger partial charge < -0.3 is 9.84 Å². The SMILES string of the molecule is CC(C)CC(Cn1nnnc1COCC(F)(F)F)C(=O)O. The summed E-state index contributed by atoms with van der Waals surface area (Å²) in [6.45, 7) is 1.91. The van der Waals surface area contributed by atoms with Gasteiger partial charge in [-0.3, -0.25) is 4.79 Å². The molecule has 1 atom stereocenters. The molecule has 1 aromatic heterocycles. The van der Waals surface area contributed by atoms with Crippen LogP contribution in [-0.2, 0) is 22.7 Å². The van der Waals surface area contributed by atoms with E-state index in [0.717, 1.165) is 4.68 Å². The van der Waals surface area contributed by atoms with Gasteiger partial charge in [0.2, 0.25) is 0 Å². The fourth-order valence-corrected chi connectivity index (χ4v) is 1.76. The maximum atomic E-state index is 12.0. The van der Waals surface area contributed by atoms with Crippen molar-refractivity contribution >= 4 is 5.97 Å². The van der Waals surface area contributed by atoms with Crippen LogP contribution in [-0.4, -0.2) is 44.1 Å². The Balaban J connectivity index is 2.63. The lowest BCUT2D eigenvalue weighted by Crippen LogP contribution is -2.24. The average Bonchev–Trinajstić information content (AvgIpc) is 2.73. The van der Waals surface area contributed by atoms with Gasteiger partial charge in [-0.1, -0.05) is 13.8 Å². The van der Waals surface area contributed by atoms with Crippen LogP contribution in [0.25, 0.3) is 0 Å². The number of halogens is 3. The molecule has 1 heterocycles. The lowest BCUT2D eigenvalue weighted by Gasteiger charge is -2.15. The highest BCUT2D eigenvalue weighted by Crippen LogP contribution is 2.16. The Kier molecular flexibility index (Phi) is 6.06. The van der Waals surface area contributed by atoms with Crippen LogP contribution in [0.3, 0.4) is 0 Å². The Morgan fingerprint density at radius 2 is 2.10 bits per heavy atom. The van der Waals surface area contributed by atoms with E-state index in [4.69, 9.17) is 5.11 Å². The van der Waals surface area contributed by atoms with E-state index in [2.05, 4.69) is 20.3 Å². The number of rotatable bonds is 8. The zero-order valence-electron chi connectivity index (χ0n) is 11.7. The molecule has 1 rings (SSSR count). The van der Waals surface area contributed by atoms with Crippen molar-refractivity contribution < 1.29 is 27.8 Å².